The molecular weight excluding hydrogens is 288 g/mol. The standard InChI is InChI=1S/C19H24N2O2/c1-15-11-18(5-8-20-15)21-13-16-3-2-4-17(12-16)14-23-19-6-9-22-10-7-19/h2-5,8,11-12,19H,6-7,9-10,13-14H2,1H3,(H,20,21). The van der Waals surface area contributed by atoms with Gasteiger partial charge >= 0.3 is 0 Å². The molecule has 1 aliphatic rings. The SMILES string of the molecule is Cc1cc(NCc2cccc(COC3CCOCC3)c2)ccn1. The third-order valence-corrected chi connectivity index (χ3v) is 4.04. The van der Waals surface area contributed by atoms with Gasteiger partial charge < -0.3 is 14.8 Å². The van der Waals surface area contributed by atoms with Crippen molar-refractivity contribution in [2.75, 3.05) is 18.5 Å². The van der Waals surface area contributed by atoms with Crippen LogP contribution < -0.4 is 5.32 Å². The molecule has 1 aliphatic heterocycles. The third kappa shape index (κ3) is 5.05. The summed E-state index contributed by atoms with van der Waals surface area (Å²) in [7, 11) is 0. The number of aryl methyl sites for hydroxylation is 1. The molecule has 4 nitrogen and oxygen atoms in total. The van der Waals surface area contributed by atoms with E-state index in [4.69, 9.17) is 9.47 Å². The van der Waals surface area contributed by atoms with Crippen molar-refractivity contribution in [2.24, 2.45) is 0 Å². The van der Waals surface area contributed by atoms with Gasteiger partial charge in [-0.15, -0.1) is 0 Å². The van der Waals surface area contributed by atoms with Crippen LogP contribution in [0.5, 0.6) is 0 Å². The number of anilines is 1. The van der Waals surface area contributed by atoms with Gasteiger partial charge in [0.15, 0.2) is 0 Å². The van der Waals surface area contributed by atoms with Crippen LogP contribution in [-0.4, -0.2) is 24.3 Å². The number of nitrogens with zero attached hydrogens (tertiary/aromatic N) is 1. The van der Waals surface area contributed by atoms with Gasteiger partial charge in [-0.3, -0.25) is 4.98 Å². The van der Waals surface area contributed by atoms with Gasteiger partial charge in [-0.25, -0.2) is 0 Å². The maximum Gasteiger partial charge on any atom is 0.0720 e. The van der Waals surface area contributed by atoms with Crippen LogP contribution >= 0.6 is 0 Å². The molecule has 0 amide bonds. The second-order valence-electron chi connectivity index (χ2n) is 5.98. The summed E-state index contributed by atoms with van der Waals surface area (Å²) in [5.74, 6) is 0. The summed E-state index contributed by atoms with van der Waals surface area (Å²) < 4.78 is 11.4. The second kappa shape index (κ2) is 8.09. The Morgan fingerprint density at radius 2 is 2.00 bits per heavy atom. The summed E-state index contributed by atoms with van der Waals surface area (Å²) in [6.45, 7) is 5.11. The number of hydrogen-bond acceptors (Lipinski definition) is 4. The van der Waals surface area contributed by atoms with E-state index in [1.807, 2.05) is 19.2 Å². The van der Waals surface area contributed by atoms with Gasteiger partial charge in [0.1, 0.15) is 0 Å². The summed E-state index contributed by atoms with van der Waals surface area (Å²) in [6.07, 6.45) is 4.17. The molecule has 0 aliphatic carbocycles. The van der Waals surface area contributed by atoms with E-state index in [9.17, 15) is 0 Å². The number of pyridine rings is 1. The van der Waals surface area contributed by atoms with Gasteiger partial charge in [0, 0.05) is 37.3 Å². The highest BCUT2D eigenvalue weighted by molar-refractivity contribution is 5.43. The van der Waals surface area contributed by atoms with Crippen molar-refractivity contribution in [3.05, 3.63) is 59.4 Å². The van der Waals surface area contributed by atoms with Crippen LogP contribution in [0.4, 0.5) is 5.69 Å². The lowest BCUT2D eigenvalue weighted by atomic mass is 10.1. The fourth-order valence-electron chi connectivity index (χ4n) is 2.75. The number of benzene rings is 1. The molecule has 0 atom stereocenters. The minimum atomic E-state index is 0.338. The lowest BCUT2D eigenvalue weighted by Gasteiger charge is -2.22. The Balaban J connectivity index is 1.52. The molecule has 0 saturated carbocycles. The molecule has 2 aromatic rings. The molecule has 1 N–H and O–H groups in total. The van der Waals surface area contributed by atoms with Gasteiger partial charge in [0.25, 0.3) is 0 Å². The fourth-order valence-corrected chi connectivity index (χ4v) is 2.75. The molecule has 0 unspecified atom stereocenters. The van der Waals surface area contributed by atoms with Gasteiger partial charge in [0.05, 0.1) is 12.7 Å². The highest BCUT2D eigenvalue weighted by Crippen LogP contribution is 2.15. The zero-order valence-electron chi connectivity index (χ0n) is 13.6. The molecule has 3 rings (SSSR count). The predicted molar refractivity (Wildman–Crippen MR) is 91.4 cm³/mol. The number of hydrogen-bond donors (Lipinski definition) is 1. The van der Waals surface area contributed by atoms with Crippen molar-refractivity contribution in [3.63, 3.8) is 0 Å². The largest absolute Gasteiger partial charge is 0.381 e. The molecule has 122 valence electrons. The minimum Gasteiger partial charge on any atom is -0.381 e. The molecular formula is C19H24N2O2. The molecule has 23 heavy (non-hydrogen) atoms. The highest BCUT2D eigenvalue weighted by atomic mass is 16.5. The van der Waals surface area contributed by atoms with E-state index in [0.717, 1.165) is 44.0 Å². The van der Waals surface area contributed by atoms with Crippen LogP contribution in [0.15, 0.2) is 42.6 Å². The Morgan fingerprint density at radius 1 is 1.17 bits per heavy atom. The van der Waals surface area contributed by atoms with Crippen molar-refractivity contribution >= 4 is 5.69 Å². The Morgan fingerprint density at radius 3 is 2.83 bits per heavy atom. The Bertz CT molecular complexity index is 624. The average Bonchev–Trinajstić information content (AvgIpc) is 2.60. The predicted octanol–water partition coefficient (Wildman–Crippen LogP) is 3.70. The third-order valence-electron chi connectivity index (χ3n) is 4.04. The summed E-state index contributed by atoms with van der Waals surface area (Å²) in [5.41, 5.74) is 4.60. The summed E-state index contributed by atoms with van der Waals surface area (Å²) in [5, 5.41) is 3.44. The van der Waals surface area contributed by atoms with E-state index >= 15 is 0 Å². The zero-order valence-corrected chi connectivity index (χ0v) is 13.6. The molecule has 1 aromatic carbocycles. The van der Waals surface area contributed by atoms with Crippen LogP contribution in [0.25, 0.3) is 0 Å². The smallest absolute Gasteiger partial charge is 0.0720 e. The minimum absolute atomic E-state index is 0.338. The molecule has 4 heteroatoms. The first-order valence-electron chi connectivity index (χ1n) is 8.23. The zero-order chi connectivity index (χ0) is 15.9. The van der Waals surface area contributed by atoms with E-state index in [0.29, 0.717) is 12.7 Å². The van der Waals surface area contributed by atoms with Crippen molar-refractivity contribution in [1.29, 1.82) is 0 Å². The molecule has 1 saturated heterocycles. The van der Waals surface area contributed by atoms with Gasteiger partial charge in [0.2, 0.25) is 0 Å². The summed E-state index contributed by atoms with van der Waals surface area (Å²) in [6, 6.07) is 12.6. The summed E-state index contributed by atoms with van der Waals surface area (Å²) >= 11 is 0. The monoisotopic (exact) mass is 312 g/mol. The first-order chi connectivity index (χ1) is 11.3. The van der Waals surface area contributed by atoms with E-state index in [1.54, 1.807) is 0 Å². The van der Waals surface area contributed by atoms with E-state index < -0.39 is 0 Å². The van der Waals surface area contributed by atoms with Crippen LogP contribution in [0.3, 0.4) is 0 Å². The Labute approximate surface area is 137 Å². The normalized spacial score (nSPS) is 15.5. The first-order valence-corrected chi connectivity index (χ1v) is 8.23. The van der Waals surface area contributed by atoms with E-state index in [-0.39, 0.29) is 0 Å². The molecule has 0 bridgehead atoms. The van der Waals surface area contributed by atoms with Crippen LogP contribution in [-0.2, 0) is 22.6 Å². The Hall–Kier alpha value is -1.91. The molecule has 0 radical (unpaired) electrons. The quantitative estimate of drug-likeness (QED) is 0.883. The van der Waals surface area contributed by atoms with Gasteiger partial charge in [-0.2, -0.15) is 0 Å². The lowest BCUT2D eigenvalue weighted by Crippen LogP contribution is -2.23. The molecule has 1 fully saturated rings. The Kier molecular flexibility index (Phi) is 5.61. The number of ether oxygens (including phenoxy) is 2. The van der Waals surface area contributed by atoms with Crippen molar-refractivity contribution < 1.29 is 9.47 Å². The van der Waals surface area contributed by atoms with Crippen LogP contribution in [0.1, 0.15) is 29.7 Å². The van der Waals surface area contributed by atoms with Gasteiger partial charge in [-0.05, 0) is 43.0 Å². The first kappa shape index (κ1) is 16.0. The number of rotatable bonds is 6. The van der Waals surface area contributed by atoms with Crippen molar-refractivity contribution in [3.8, 4) is 0 Å². The second-order valence-corrected chi connectivity index (χ2v) is 5.98. The van der Waals surface area contributed by atoms with Gasteiger partial charge in [-0.1, -0.05) is 24.3 Å². The average molecular weight is 312 g/mol. The fraction of sp³-hybridized carbons (Fsp3) is 0.421. The maximum absolute atomic E-state index is 5.99. The van der Waals surface area contributed by atoms with Crippen molar-refractivity contribution in [1.82, 2.24) is 4.98 Å². The topological polar surface area (TPSA) is 43.4 Å². The molecule has 1 aromatic heterocycles. The molecule has 2 heterocycles. The lowest BCUT2D eigenvalue weighted by molar-refractivity contribution is -0.0390. The number of nitrogens with one attached hydrogen (secondary N) is 1. The summed E-state index contributed by atoms with van der Waals surface area (Å²) in [4.78, 5) is 4.21. The number of aromatic nitrogens is 1. The van der Waals surface area contributed by atoms with Crippen LogP contribution in [0, 0.1) is 6.92 Å². The molecule has 0 spiro atoms. The van der Waals surface area contributed by atoms with Crippen molar-refractivity contribution in [2.45, 2.75) is 39.0 Å². The van der Waals surface area contributed by atoms with Crippen LogP contribution in [0.2, 0.25) is 0 Å². The van der Waals surface area contributed by atoms with E-state index in [2.05, 4.69) is 40.6 Å². The van der Waals surface area contributed by atoms with E-state index in [1.165, 1.54) is 11.1 Å². The highest BCUT2D eigenvalue weighted by Gasteiger charge is 2.13. The maximum atomic E-state index is 5.99.